The van der Waals surface area contributed by atoms with Crippen molar-refractivity contribution in [2.75, 3.05) is 0 Å². The lowest BCUT2D eigenvalue weighted by Crippen LogP contribution is -2.36. The van der Waals surface area contributed by atoms with Gasteiger partial charge in [0.2, 0.25) is 11.4 Å². The van der Waals surface area contributed by atoms with Gasteiger partial charge in [-0.25, -0.2) is 0 Å². The molecule has 1 atom stereocenters. The maximum atomic E-state index is 6.16. The molecule has 4 rings (SSSR count). The van der Waals surface area contributed by atoms with Gasteiger partial charge in [-0.15, -0.1) is 0 Å². The molecule has 0 fully saturated rings. The largest absolute Gasteiger partial charge is 0.433 e. The Labute approximate surface area is 136 Å². The summed E-state index contributed by atoms with van der Waals surface area (Å²) in [5.74, 6) is 0.936. The lowest BCUT2D eigenvalue weighted by atomic mass is 9.99. The Hall–Kier alpha value is -2.87. The molecule has 23 heavy (non-hydrogen) atoms. The van der Waals surface area contributed by atoms with Crippen molar-refractivity contribution in [3.8, 4) is 5.75 Å². The summed E-state index contributed by atoms with van der Waals surface area (Å²) < 4.78 is 8.42. The van der Waals surface area contributed by atoms with E-state index in [0.717, 1.165) is 17.0 Å². The van der Waals surface area contributed by atoms with Crippen LogP contribution in [0.25, 0.3) is 0 Å². The molecule has 1 aliphatic rings. The number of benzene rings is 3. The molecule has 1 unspecified atom stereocenters. The van der Waals surface area contributed by atoms with E-state index in [9.17, 15) is 0 Å². The van der Waals surface area contributed by atoms with E-state index in [2.05, 4.69) is 72.2 Å². The number of hydrogen-bond acceptors (Lipinski definition) is 1. The summed E-state index contributed by atoms with van der Waals surface area (Å²) in [6.45, 7) is 2.09. The maximum Gasteiger partial charge on any atom is 0.299 e. The van der Waals surface area contributed by atoms with Crippen LogP contribution in [0.5, 0.6) is 5.75 Å². The highest BCUT2D eigenvalue weighted by molar-refractivity contribution is 6.12. The lowest BCUT2D eigenvalue weighted by molar-refractivity contribution is -0.526. The summed E-state index contributed by atoms with van der Waals surface area (Å²) in [7, 11) is 0. The molecule has 0 saturated heterocycles. The highest BCUT2D eigenvalue weighted by atomic mass is 16.5. The average Bonchev–Trinajstić information content (AvgIpc) is 2.62. The van der Waals surface area contributed by atoms with Gasteiger partial charge in [0, 0.05) is 24.6 Å². The van der Waals surface area contributed by atoms with Crippen LogP contribution in [0.3, 0.4) is 0 Å². The maximum absolute atomic E-state index is 6.16. The van der Waals surface area contributed by atoms with E-state index in [0.29, 0.717) is 0 Å². The minimum atomic E-state index is -0.0671. The van der Waals surface area contributed by atoms with Gasteiger partial charge in [0.15, 0.2) is 0 Å². The van der Waals surface area contributed by atoms with E-state index in [1.54, 1.807) is 0 Å². The van der Waals surface area contributed by atoms with Crippen LogP contribution in [0, 0.1) is 0 Å². The Morgan fingerprint density at radius 3 is 2.09 bits per heavy atom. The second-order valence-electron chi connectivity index (χ2n) is 5.63. The van der Waals surface area contributed by atoms with Crippen LogP contribution in [-0.2, 0) is 0 Å². The van der Waals surface area contributed by atoms with Gasteiger partial charge < -0.3 is 4.74 Å². The zero-order valence-corrected chi connectivity index (χ0v) is 13.0. The van der Waals surface area contributed by atoms with Crippen molar-refractivity contribution in [2.24, 2.45) is 0 Å². The van der Waals surface area contributed by atoms with Gasteiger partial charge in [-0.3, -0.25) is 0 Å². The molecule has 0 spiro atoms. The standard InChI is InChI=1S/C21H18NO/c1-16-22(18-12-6-3-7-13-18)21(17-10-4-2-5-11-17)19-14-8-9-15-20(19)23-16/h2-16H,1H3/q+1. The third-order valence-corrected chi connectivity index (χ3v) is 4.13. The Bertz CT molecular complexity index is 853. The summed E-state index contributed by atoms with van der Waals surface area (Å²) in [5.41, 5.74) is 4.64. The molecule has 0 amide bonds. The summed E-state index contributed by atoms with van der Waals surface area (Å²) in [4.78, 5) is 0. The van der Waals surface area contributed by atoms with Crippen molar-refractivity contribution >= 4 is 11.4 Å². The first-order chi connectivity index (χ1) is 11.3. The Kier molecular flexibility index (Phi) is 3.43. The summed E-state index contributed by atoms with van der Waals surface area (Å²) >= 11 is 0. The van der Waals surface area contributed by atoms with E-state index >= 15 is 0 Å². The SMILES string of the molecule is CC1Oc2ccccc2C(c2ccccc2)=[N+]1c1ccccc1. The molecular weight excluding hydrogens is 282 g/mol. The van der Waals surface area contributed by atoms with Gasteiger partial charge >= 0.3 is 0 Å². The quantitative estimate of drug-likeness (QED) is 0.630. The zero-order valence-electron chi connectivity index (χ0n) is 13.0. The lowest BCUT2D eigenvalue weighted by Gasteiger charge is -2.23. The van der Waals surface area contributed by atoms with Gasteiger partial charge in [0.05, 0.1) is 5.56 Å². The number of fused-ring (bicyclic) bond motifs is 1. The Morgan fingerprint density at radius 1 is 0.739 bits per heavy atom. The van der Waals surface area contributed by atoms with Crippen molar-refractivity contribution in [3.05, 3.63) is 96.1 Å². The molecular formula is C21H18NO+. The fraction of sp³-hybridized carbons (Fsp3) is 0.0952. The van der Waals surface area contributed by atoms with Gasteiger partial charge in [-0.1, -0.05) is 48.5 Å². The Balaban J connectivity index is 2.04. The molecule has 3 aromatic rings. The van der Waals surface area contributed by atoms with Crippen LogP contribution in [0.4, 0.5) is 5.69 Å². The molecule has 2 heteroatoms. The van der Waals surface area contributed by atoms with Crippen molar-refractivity contribution in [1.29, 1.82) is 0 Å². The number of rotatable bonds is 2. The topological polar surface area (TPSA) is 12.2 Å². The summed E-state index contributed by atoms with van der Waals surface area (Å²) in [6, 6.07) is 29.2. The molecule has 1 aliphatic heterocycles. The highest BCUT2D eigenvalue weighted by Gasteiger charge is 2.34. The molecule has 0 aliphatic carbocycles. The van der Waals surface area contributed by atoms with Gasteiger partial charge in [0.25, 0.3) is 6.23 Å². The predicted molar refractivity (Wildman–Crippen MR) is 92.5 cm³/mol. The second-order valence-corrected chi connectivity index (χ2v) is 5.63. The van der Waals surface area contributed by atoms with E-state index in [1.165, 1.54) is 11.3 Å². The summed E-state index contributed by atoms with van der Waals surface area (Å²) in [5, 5.41) is 0. The minimum Gasteiger partial charge on any atom is -0.433 e. The van der Waals surface area contributed by atoms with Crippen molar-refractivity contribution in [2.45, 2.75) is 13.2 Å². The molecule has 1 heterocycles. The zero-order chi connectivity index (χ0) is 15.6. The van der Waals surface area contributed by atoms with Gasteiger partial charge in [0.1, 0.15) is 5.75 Å². The first-order valence-corrected chi connectivity index (χ1v) is 7.87. The van der Waals surface area contributed by atoms with Crippen LogP contribution in [0.2, 0.25) is 0 Å². The number of nitrogens with zero attached hydrogens (tertiary/aromatic N) is 1. The normalized spacial score (nSPS) is 16.7. The molecule has 0 N–H and O–H groups in total. The molecule has 0 saturated carbocycles. The fourth-order valence-electron chi connectivity index (χ4n) is 3.13. The van der Waals surface area contributed by atoms with E-state index in [4.69, 9.17) is 4.74 Å². The number of ether oxygens (including phenoxy) is 1. The fourth-order valence-corrected chi connectivity index (χ4v) is 3.13. The molecule has 2 nitrogen and oxygen atoms in total. The van der Waals surface area contributed by atoms with Crippen LogP contribution in [0.1, 0.15) is 18.1 Å². The van der Waals surface area contributed by atoms with Crippen LogP contribution in [0.15, 0.2) is 84.9 Å². The third-order valence-electron chi connectivity index (χ3n) is 4.13. The average molecular weight is 300 g/mol. The molecule has 112 valence electrons. The van der Waals surface area contributed by atoms with E-state index in [1.807, 2.05) is 24.3 Å². The van der Waals surface area contributed by atoms with Crippen molar-refractivity contribution in [1.82, 2.24) is 0 Å². The van der Waals surface area contributed by atoms with Crippen molar-refractivity contribution < 1.29 is 9.31 Å². The van der Waals surface area contributed by atoms with E-state index in [-0.39, 0.29) is 6.23 Å². The van der Waals surface area contributed by atoms with Gasteiger partial charge in [-0.2, -0.15) is 4.58 Å². The monoisotopic (exact) mass is 300 g/mol. The van der Waals surface area contributed by atoms with Crippen LogP contribution >= 0.6 is 0 Å². The van der Waals surface area contributed by atoms with Gasteiger partial charge in [-0.05, 0) is 24.3 Å². The van der Waals surface area contributed by atoms with Crippen molar-refractivity contribution in [3.63, 3.8) is 0 Å². The molecule has 0 aromatic heterocycles. The molecule has 3 aromatic carbocycles. The summed E-state index contributed by atoms with van der Waals surface area (Å²) in [6.07, 6.45) is -0.0671. The minimum absolute atomic E-state index is 0.0671. The van der Waals surface area contributed by atoms with Crippen LogP contribution < -0.4 is 4.74 Å². The number of hydrogen-bond donors (Lipinski definition) is 0. The predicted octanol–water partition coefficient (Wildman–Crippen LogP) is 4.61. The molecule has 0 radical (unpaired) electrons. The Morgan fingerprint density at radius 2 is 1.35 bits per heavy atom. The highest BCUT2D eigenvalue weighted by Crippen LogP contribution is 2.31. The third kappa shape index (κ3) is 2.42. The van der Waals surface area contributed by atoms with Crippen LogP contribution in [-0.4, -0.2) is 16.5 Å². The first kappa shape index (κ1) is 13.8. The molecule has 0 bridgehead atoms. The van der Waals surface area contributed by atoms with E-state index < -0.39 is 0 Å². The smallest absolute Gasteiger partial charge is 0.299 e. The first-order valence-electron chi connectivity index (χ1n) is 7.87. The second kappa shape index (κ2) is 5.73. The number of para-hydroxylation sites is 2.